The van der Waals surface area contributed by atoms with Crippen molar-refractivity contribution in [1.29, 1.82) is 0 Å². The molecule has 0 heterocycles. The van der Waals surface area contributed by atoms with Crippen molar-refractivity contribution >= 4 is 5.97 Å². The van der Waals surface area contributed by atoms with Gasteiger partial charge in [0.1, 0.15) is 13.2 Å². The summed E-state index contributed by atoms with van der Waals surface area (Å²) in [6.07, 6.45) is 0. The number of carbonyl (C=O) groups is 1. The lowest BCUT2D eigenvalue weighted by Gasteiger charge is -2.10. The van der Waals surface area contributed by atoms with Gasteiger partial charge in [-0.2, -0.15) is 8.78 Å². The fourth-order valence-corrected chi connectivity index (χ4v) is 1.05. The quantitative estimate of drug-likeness (QED) is 0.274. The van der Waals surface area contributed by atoms with Crippen molar-refractivity contribution < 1.29 is 40.6 Å². The van der Waals surface area contributed by atoms with E-state index in [1.165, 1.54) is 0 Å². The zero-order valence-corrected chi connectivity index (χ0v) is 9.11. The second kappa shape index (κ2) is 6.30. The number of benzene rings is 1. The van der Waals surface area contributed by atoms with E-state index >= 15 is 0 Å². The van der Waals surface area contributed by atoms with Gasteiger partial charge in [0.05, 0.1) is 0 Å². The predicted octanol–water partition coefficient (Wildman–Crippen LogP) is 2.27. The lowest BCUT2D eigenvalue weighted by Crippen LogP contribution is -2.15. The van der Waals surface area contributed by atoms with Crippen LogP contribution in [0.25, 0.3) is 0 Å². The van der Waals surface area contributed by atoms with Crippen molar-refractivity contribution in [3.05, 3.63) is 29.1 Å². The highest BCUT2D eigenvalue weighted by molar-refractivity contribution is 5.70. The Labute approximate surface area is 102 Å². The summed E-state index contributed by atoms with van der Waals surface area (Å²) in [6, 6.07) is 0. The Kier molecular flexibility index (Phi) is 5.02. The molecule has 1 rings (SSSR count). The topological polar surface area (TPSA) is 35.5 Å². The van der Waals surface area contributed by atoms with Crippen LogP contribution in [0.15, 0.2) is 0 Å². The first-order valence-corrected chi connectivity index (χ1v) is 4.76. The van der Waals surface area contributed by atoms with Gasteiger partial charge in [0.15, 0.2) is 12.4 Å². The Bertz CT molecular complexity index is 462. The second-order valence-corrected chi connectivity index (χ2v) is 3.10. The van der Waals surface area contributed by atoms with Gasteiger partial charge in [-0.25, -0.2) is 22.4 Å². The number of hydrogen-bond donors (Lipinski definition) is 0. The first kappa shape index (κ1) is 15.1. The van der Waals surface area contributed by atoms with Gasteiger partial charge < -0.3 is 9.47 Å². The average molecular weight is 288 g/mol. The zero-order chi connectivity index (χ0) is 14.6. The molecule has 0 saturated heterocycles. The van der Waals surface area contributed by atoms with Crippen LogP contribution in [0.2, 0.25) is 0 Å². The minimum atomic E-state index is -2.31. The van der Waals surface area contributed by atoms with Crippen LogP contribution in [0.3, 0.4) is 0 Å². The SMILES string of the molecule is O=C(CF)OCCOc1c(F)c(F)c(F)c(F)c1F. The monoisotopic (exact) mass is 288 g/mol. The van der Waals surface area contributed by atoms with E-state index in [1.54, 1.807) is 0 Å². The third-order valence-corrected chi connectivity index (χ3v) is 1.87. The molecule has 0 radical (unpaired) electrons. The number of alkyl halides is 1. The fraction of sp³-hybridized carbons (Fsp3) is 0.300. The number of halogens is 6. The molecule has 0 unspecified atom stereocenters. The number of rotatable bonds is 5. The van der Waals surface area contributed by atoms with Crippen molar-refractivity contribution in [3.63, 3.8) is 0 Å². The molecule has 0 fully saturated rings. The molecule has 0 amide bonds. The fourth-order valence-electron chi connectivity index (χ4n) is 1.05. The number of esters is 1. The smallest absolute Gasteiger partial charge is 0.337 e. The van der Waals surface area contributed by atoms with E-state index in [0.717, 1.165) is 0 Å². The molecule has 19 heavy (non-hydrogen) atoms. The van der Waals surface area contributed by atoms with Gasteiger partial charge >= 0.3 is 5.97 Å². The average Bonchev–Trinajstić information content (AvgIpc) is 2.41. The molecule has 0 spiro atoms. The maximum absolute atomic E-state index is 13.0. The van der Waals surface area contributed by atoms with Gasteiger partial charge in [-0.05, 0) is 0 Å². The Morgan fingerprint density at radius 2 is 1.32 bits per heavy atom. The van der Waals surface area contributed by atoms with Crippen LogP contribution in [0, 0.1) is 29.1 Å². The lowest BCUT2D eigenvalue weighted by atomic mass is 10.2. The Hall–Kier alpha value is -1.93. The summed E-state index contributed by atoms with van der Waals surface area (Å²) in [5, 5.41) is 0. The summed E-state index contributed by atoms with van der Waals surface area (Å²) >= 11 is 0. The van der Waals surface area contributed by atoms with Gasteiger partial charge in [-0.1, -0.05) is 0 Å². The highest BCUT2D eigenvalue weighted by Gasteiger charge is 2.26. The maximum atomic E-state index is 13.0. The van der Waals surface area contributed by atoms with Crippen LogP contribution < -0.4 is 4.74 Å². The van der Waals surface area contributed by atoms with E-state index in [2.05, 4.69) is 9.47 Å². The highest BCUT2D eigenvalue weighted by Crippen LogP contribution is 2.28. The van der Waals surface area contributed by atoms with Crippen molar-refractivity contribution in [2.45, 2.75) is 0 Å². The van der Waals surface area contributed by atoms with Crippen molar-refractivity contribution in [1.82, 2.24) is 0 Å². The molecule has 9 heteroatoms. The predicted molar refractivity (Wildman–Crippen MR) is 48.7 cm³/mol. The molecular formula is C10H6F6O3. The number of ether oxygens (including phenoxy) is 2. The molecule has 0 N–H and O–H groups in total. The molecule has 0 atom stereocenters. The van der Waals surface area contributed by atoms with Crippen molar-refractivity contribution in [3.8, 4) is 5.75 Å². The summed E-state index contributed by atoms with van der Waals surface area (Å²) in [5.41, 5.74) is 0. The largest absolute Gasteiger partial charge is 0.484 e. The Morgan fingerprint density at radius 3 is 1.79 bits per heavy atom. The Morgan fingerprint density at radius 1 is 0.842 bits per heavy atom. The van der Waals surface area contributed by atoms with Crippen molar-refractivity contribution in [2.75, 3.05) is 19.9 Å². The minimum absolute atomic E-state index is 0.609. The van der Waals surface area contributed by atoms with Crippen LogP contribution in [0.1, 0.15) is 0 Å². The molecular weight excluding hydrogens is 282 g/mol. The minimum Gasteiger partial charge on any atom is -0.484 e. The molecule has 0 aliphatic heterocycles. The van der Waals surface area contributed by atoms with Crippen LogP contribution in [-0.2, 0) is 9.53 Å². The molecule has 0 aliphatic rings. The molecule has 0 saturated carbocycles. The first-order chi connectivity index (χ1) is 8.90. The van der Waals surface area contributed by atoms with Gasteiger partial charge in [-0.15, -0.1) is 0 Å². The van der Waals surface area contributed by atoms with E-state index in [1.807, 2.05) is 0 Å². The van der Waals surface area contributed by atoms with Crippen LogP contribution in [0.5, 0.6) is 5.75 Å². The van der Waals surface area contributed by atoms with Gasteiger partial charge in [-0.3, -0.25) is 0 Å². The normalized spacial score (nSPS) is 10.4. The van der Waals surface area contributed by atoms with Gasteiger partial charge in [0.25, 0.3) is 0 Å². The molecule has 1 aromatic carbocycles. The molecule has 0 aliphatic carbocycles. The van der Waals surface area contributed by atoms with Crippen LogP contribution >= 0.6 is 0 Å². The Balaban J connectivity index is 2.77. The molecule has 0 aromatic heterocycles. The molecule has 3 nitrogen and oxygen atoms in total. The van der Waals surface area contributed by atoms with Gasteiger partial charge in [0.2, 0.25) is 29.1 Å². The summed E-state index contributed by atoms with van der Waals surface area (Å²) in [4.78, 5) is 10.3. The number of hydrogen-bond acceptors (Lipinski definition) is 3. The molecule has 106 valence electrons. The van der Waals surface area contributed by atoms with Crippen molar-refractivity contribution in [2.24, 2.45) is 0 Å². The van der Waals surface area contributed by atoms with Crippen LogP contribution in [0.4, 0.5) is 26.3 Å². The van der Waals surface area contributed by atoms with E-state index < -0.39 is 60.7 Å². The summed E-state index contributed by atoms with van der Waals surface area (Å²) in [6.45, 7) is -2.73. The highest BCUT2D eigenvalue weighted by atomic mass is 19.2. The summed E-state index contributed by atoms with van der Waals surface area (Å²) in [7, 11) is 0. The summed E-state index contributed by atoms with van der Waals surface area (Å²) in [5.74, 6) is -13.7. The van der Waals surface area contributed by atoms with Crippen LogP contribution in [-0.4, -0.2) is 25.9 Å². The first-order valence-electron chi connectivity index (χ1n) is 4.76. The third-order valence-electron chi connectivity index (χ3n) is 1.87. The van der Waals surface area contributed by atoms with E-state index in [0.29, 0.717) is 0 Å². The second-order valence-electron chi connectivity index (χ2n) is 3.10. The van der Waals surface area contributed by atoms with Gasteiger partial charge in [0, 0.05) is 0 Å². The summed E-state index contributed by atoms with van der Waals surface area (Å²) < 4.78 is 84.2. The maximum Gasteiger partial charge on any atom is 0.337 e. The molecule has 0 bridgehead atoms. The lowest BCUT2D eigenvalue weighted by molar-refractivity contribution is -0.145. The standard InChI is InChI=1S/C10H6F6O3/c11-3-4(17)18-1-2-19-10-8(15)6(13)5(12)7(14)9(10)16/h1-3H2. The number of carbonyl (C=O) groups excluding carboxylic acids is 1. The third kappa shape index (κ3) is 3.30. The van der Waals surface area contributed by atoms with E-state index in [4.69, 9.17) is 0 Å². The molecule has 1 aromatic rings. The van der Waals surface area contributed by atoms with E-state index in [9.17, 15) is 31.1 Å². The van der Waals surface area contributed by atoms with E-state index in [-0.39, 0.29) is 0 Å². The zero-order valence-electron chi connectivity index (χ0n) is 9.11.